The highest BCUT2D eigenvalue weighted by Gasteiger charge is 2.18. The molecule has 2 heterocycles. The lowest BCUT2D eigenvalue weighted by Gasteiger charge is -2.10. The van der Waals surface area contributed by atoms with E-state index < -0.39 is 5.63 Å². The highest BCUT2D eigenvalue weighted by atomic mass is 16.7. The number of ether oxygens (including phenoxy) is 4. The summed E-state index contributed by atoms with van der Waals surface area (Å²) in [6.45, 7) is 0.557. The highest BCUT2D eigenvalue weighted by molar-refractivity contribution is 5.89. The Kier molecular flexibility index (Phi) is 5.47. The van der Waals surface area contributed by atoms with Crippen molar-refractivity contribution in [3.63, 3.8) is 0 Å². The fourth-order valence-electron chi connectivity index (χ4n) is 3.38. The van der Waals surface area contributed by atoms with Crippen LogP contribution in [-0.2, 0) is 17.6 Å². The third kappa shape index (κ3) is 4.03. The molecule has 1 aliphatic heterocycles. The number of hydrogen-bond acceptors (Lipinski definition) is 7. The second kappa shape index (κ2) is 8.36. The number of rotatable bonds is 7. The fraction of sp³-hybridized carbons (Fsp3) is 0.273. The maximum Gasteiger partial charge on any atom is 0.336 e. The van der Waals surface area contributed by atoms with Crippen molar-refractivity contribution >= 4 is 16.9 Å². The third-order valence-electron chi connectivity index (χ3n) is 4.86. The van der Waals surface area contributed by atoms with Gasteiger partial charge in [0.25, 0.3) is 0 Å². The van der Waals surface area contributed by atoms with Crippen LogP contribution in [0.3, 0.4) is 0 Å². The predicted molar refractivity (Wildman–Crippen MR) is 109 cm³/mol. The number of carbonyl (C=O) groups excluding carboxylic acids is 1. The van der Waals surface area contributed by atoms with Gasteiger partial charge in [0.1, 0.15) is 5.58 Å². The lowest BCUT2D eigenvalue weighted by atomic mass is 10.1. The van der Waals surface area contributed by atoms with Gasteiger partial charge in [0.05, 0.1) is 20.6 Å². The Balaban J connectivity index is 1.43. The van der Waals surface area contributed by atoms with E-state index in [-0.39, 0.29) is 19.1 Å². The van der Waals surface area contributed by atoms with Crippen LogP contribution in [0.5, 0.6) is 23.0 Å². The zero-order valence-electron chi connectivity index (χ0n) is 16.7. The Morgan fingerprint density at radius 2 is 1.80 bits per heavy atom. The Hall–Kier alpha value is -3.68. The molecule has 3 aromatic rings. The standard InChI is InChI=1S/C22H21NO7/c1-26-16-4-3-13(7-18(16)27-2)5-6-23-21(24)8-14-9-22(25)30-17-11-20-19(10-15(14)17)28-12-29-20/h3-4,7,9-11H,5-6,8,12H2,1-2H3,(H,23,24). The molecule has 0 atom stereocenters. The molecular weight excluding hydrogens is 390 g/mol. The van der Waals surface area contributed by atoms with Gasteiger partial charge < -0.3 is 28.7 Å². The van der Waals surface area contributed by atoms with Gasteiger partial charge in [0, 0.05) is 24.1 Å². The lowest BCUT2D eigenvalue weighted by Crippen LogP contribution is -2.27. The zero-order valence-corrected chi connectivity index (χ0v) is 16.7. The summed E-state index contributed by atoms with van der Waals surface area (Å²) in [6, 6.07) is 10.3. The molecule has 0 spiro atoms. The summed E-state index contributed by atoms with van der Waals surface area (Å²) >= 11 is 0. The molecule has 0 radical (unpaired) electrons. The van der Waals surface area contributed by atoms with E-state index >= 15 is 0 Å². The second-order valence-corrected chi connectivity index (χ2v) is 6.76. The van der Waals surface area contributed by atoms with Crippen molar-refractivity contribution in [2.45, 2.75) is 12.8 Å². The van der Waals surface area contributed by atoms with Crippen LogP contribution < -0.4 is 29.9 Å². The molecule has 4 rings (SSSR count). The van der Waals surface area contributed by atoms with Crippen LogP contribution in [-0.4, -0.2) is 33.5 Å². The van der Waals surface area contributed by atoms with Gasteiger partial charge in [-0.05, 0) is 35.7 Å². The maximum atomic E-state index is 12.5. The molecule has 0 aliphatic carbocycles. The number of carbonyl (C=O) groups is 1. The molecule has 0 unspecified atom stereocenters. The van der Waals surface area contributed by atoms with Crippen molar-refractivity contribution < 1.29 is 28.2 Å². The topological polar surface area (TPSA) is 96.2 Å². The largest absolute Gasteiger partial charge is 0.493 e. The van der Waals surface area contributed by atoms with Gasteiger partial charge in [-0.2, -0.15) is 0 Å². The SMILES string of the molecule is COc1ccc(CCNC(=O)Cc2cc(=O)oc3cc4c(cc23)OCO4)cc1OC. The predicted octanol–water partition coefficient (Wildman–Crippen LogP) is 2.44. The molecule has 1 aromatic heterocycles. The molecule has 0 saturated carbocycles. The van der Waals surface area contributed by atoms with Crippen LogP contribution in [0, 0.1) is 0 Å². The molecule has 0 saturated heterocycles. The number of benzene rings is 2. The summed E-state index contributed by atoms with van der Waals surface area (Å²) < 4.78 is 26.5. The molecule has 30 heavy (non-hydrogen) atoms. The highest BCUT2D eigenvalue weighted by Crippen LogP contribution is 2.36. The molecule has 156 valence electrons. The third-order valence-corrected chi connectivity index (χ3v) is 4.86. The van der Waals surface area contributed by atoms with Crippen molar-refractivity contribution in [2.24, 2.45) is 0 Å². The van der Waals surface area contributed by atoms with Crippen LogP contribution in [0.15, 0.2) is 45.6 Å². The molecule has 1 amide bonds. The zero-order chi connectivity index (χ0) is 21.1. The van der Waals surface area contributed by atoms with Gasteiger partial charge in [0.15, 0.2) is 23.0 Å². The van der Waals surface area contributed by atoms with E-state index in [1.165, 1.54) is 6.07 Å². The normalized spacial score (nSPS) is 12.1. The summed E-state index contributed by atoms with van der Waals surface area (Å²) in [5, 5.41) is 3.53. The lowest BCUT2D eigenvalue weighted by molar-refractivity contribution is -0.120. The second-order valence-electron chi connectivity index (χ2n) is 6.76. The minimum atomic E-state index is -0.519. The Morgan fingerprint density at radius 1 is 1.03 bits per heavy atom. The van der Waals surface area contributed by atoms with Crippen LogP contribution in [0.2, 0.25) is 0 Å². The minimum absolute atomic E-state index is 0.0493. The number of methoxy groups -OCH3 is 2. The number of fused-ring (bicyclic) bond motifs is 2. The van der Waals surface area contributed by atoms with Crippen molar-refractivity contribution in [3.8, 4) is 23.0 Å². The quantitative estimate of drug-likeness (QED) is 0.597. The van der Waals surface area contributed by atoms with Crippen molar-refractivity contribution in [1.82, 2.24) is 5.32 Å². The Bertz CT molecular complexity index is 1150. The van der Waals surface area contributed by atoms with E-state index in [9.17, 15) is 9.59 Å². The fourth-order valence-corrected chi connectivity index (χ4v) is 3.38. The van der Waals surface area contributed by atoms with E-state index in [1.807, 2.05) is 18.2 Å². The van der Waals surface area contributed by atoms with Gasteiger partial charge in [-0.15, -0.1) is 0 Å². The molecular formula is C22H21NO7. The smallest absolute Gasteiger partial charge is 0.336 e. The number of nitrogens with one attached hydrogen (secondary N) is 1. The van der Waals surface area contributed by atoms with Gasteiger partial charge in [-0.25, -0.2) is 4.79 Å². The van der Waals surface area contributed by atoms with E-state index in [4.69, 9.17) is 23.4 Å². The van der Waals surface area contributed by atoms with E-state index in [2.05, 4.69) is 5.32 Å². The first-order chi connectivity index (χ1) is 14.6. The first kappa shape index (κ1) is 19.6. The summed E-state index contributed by atoms with van der Waals surface area (Å²) in [5.41, 5.74) is 1.42. The summed E-state index contributed by atoms with van der Waals surface area (Å²) in [7, 11) is 3.16. The average molecular weight is 411 g/mol. The van der Waals surface area contributed by atoms with E-state index in [1.54, 1.807) is 26.4 Å². The van der Waals surface area contributed by atoms with Crippen molar-refractivity contribution in [1.29, 1.82) is 0 Å². The monoisotopic (exact) mass is 411 g/mol. The first-order valence-corrected chi connectivity index (χ1v) is 9.41. The van der Waals surface area contributed by atoms with Crippen LogP contribution in [0.4, 0.5) is 0 Å². The summed E-state index contributed by atoms with van der Waals surface area (Å²) in [5.74, 6) is 2.18. The molecule has 0 fully saturated rings. The molecule has 8 heteroatoms. The van der Waals surface area contributed by atoms with E-state index in [0.29, 0.717) is 52.5 Å². The van der Waals surface area contributed by atoms with Gasteiger partial charge in [0.2, 0.25) is 12.7 Å². The molecule has 1 aliphatic rings. The van der Waals surface area contributed by atoms with Crippen LogP contribution in [0.1, 0.15) is 11.1 Å². The minimum Gasteiger partial charge on any atom is -0.493 e. The van der Waals surface area contributed by atoms with Gasteiger partial charge in [-0.3, -0.25) is 4.79 Å². The molecule has 2 aromatic carbocycles. The van der Waals surface area contributed by atoms with Crippen molar-refractivity contribution in [2.75, 3.05) is 27.6 Å². The molecule has 1 N–H and O–H groups in total. The van der Waals surface area contributed by atoms with E-state index in [0.717, 1.165) is 5.56 Å². The molecule has 0 bridgehead atoms. The first-order valence-electron chi connectivity index (χ1n) is 9.41. The average Bonchev–Trinajstić information content (AvgIpc) is 3.19. The summed E-state index contributed by atoms with van der Waals surface area (Å²) in [4.78, 5) is 24.4. The Labute approximate surface area is 172 Å². The Morgan fingerprint density at radius 3 is 2.57 bits per heavy atom. The van der Waals surface area contributed by atoms with Gasteiger partial charge in [-0.1, -0.05) is 6.07 Å². The summed E-state index contributed by atoms with van der Waals surface area (Å²) in [6.07, 6.45) is 0.677. The molecule has 8 nitrogen and oxygen atoms in total. The van der Waals surface area contributed by atoms with Gasteiger partial charge >= 0.3 is 5.63 Å². The van der Waals surface area contributed by atoms with Crippen LogP contribution in [0.25, 0.3) is 11.0 Å². The number of amides is 1. The van der Waals surface area contributed by atoms with Crippen LogP contribution >= 0.6 is 0 Å². The van der Waals surface area contributed by atoms with Crippen molar-refractivity contribution in [3.05, 3.63) is 57.9 Å². The number of hydrogen-bond donors (Lipinski definition) is 1. The maximum absolute atomic E-state index is 12.5.